The van der Waals surface area contributed by atoms with Crippen LogP contribution in [0, 0.1) is 5.92 Å². The summed E-state index contributed by atoms with van der Waals surface area (Å²) < 4.78 is 4.76. The molecule has 18 heavy (non-hydrogen) atoms. The van der Waals surface area contributed by atoms with E-state index in [0.29, 0.717) is 17.9 Å². The molecule has 1 N–H and O–H groups in total. The standard InChI is InChI=1S/C14H15NO3/c1-18-14(17)10-4-5-15-12-7-9(6-11(10)12)13(16)8-2-3-8/h4-5,7-8,13,16H,2-3,6H2,1H3. The van der Waals surface area contributed by atoms with E-state index in [1.165, 1.54) is 7.11 Å². The van der Waals surface area contributed by atoms with Crippen LogP contribution in [0.2, 0.25) is 0 Å². The molecule has 0 spiro atoms. The maximum Gasteiger partial charge on any atom is 0.338 e. The van der Waals surface area contributed by atoms with Crippen LogP contribution < -0.4 is 0 Å². The molecule has 3 rings (SSSR count). The van der Waals surface area contributed by atoms with Crippen molar-refractivity contribution in [1.82, 2.24) is 4.98 Å². The van der Waals surface area contributed by atoms with Gasteiger partial charge in [-0.05, 0) is 48.5 Å². The number of aromatic nitrogens is 1. The van der Waals surface area contributed by atoms with E-state index < -0.39 is 0 Å². The van der Waals surface area contributed by atoms with Crippen molar-refractivity contribution in [1.29, 1.82) is 0 Å². The summed E-state index contributed by atoms with van der Waals surface area (Å²) in [4.78, 5) is 15.9. The van der Waals surface area contributed by atoms with Crippen molar-refractivity contribution < 1.29 is 14.6 Å². The number of rotatable bonds is 3. The molecule has 4 heteroatoms. The van der Waals surface area contributed by atoms with E-state index >= 15 is 0 Å². The van der Waals surface area contributed by atoms with E-state index in [1.807, 2.05) is 6.08 Å². The lowest BCUT2D eigenvalue weighted by Gasteiger charge is -2.10. The van der Waals surface area contributed by atoms with Gasteiger partial charge in [0.25, 0.3) is 0 Å². The molecule has 0 aromatic carbocycles. The fraction of sp³-hybridized carbons (Fsp3) is 0.429. The number of carbonyl (C=O) groups excluding carboxylic acids is 1. The average Bonchev–Trinajstić information content (AvgIpc) is 3.14. The SMILES string of the molecule is COC(=O)c1ccnc2c1CC(C(O)C1CC1)=C2. The first-order valence-corrected chi connectivity index (χ1v) is 6.15. The molecule has 0 radical (unpaired) electrons. The van der Waals surface area contributed by atoms with Gasteiger partial charge < -0.3 is 9.84 Å². The molecule has 1 heterocycles. The highest BCUT2D eigenvalue weighted by Gasteiger charge is 2.34. The van der Waals surface area contributed by atoms with E-state index in [2.05, 4.69) is 4.98 Å². The fourth-order valence-corrected chi connectivity index (χ4v) is 2.46. The Morgan fingerprint density at radius 1 is 1.56 bits per heavy atom. The van der Waals surface area contributed by atoms with E-state index in [4.69, 9.17) is 4.74 Å². The molecule has 2 aliphatic rings. The van der Waals surface area contributed by atoms with E-state index in [1.54, 1.807) is 12.3 Å². The van der Waals surface area contributed by atoms with Gasteiger partial charge in [0.05, 0.1) is 24.5 Å². The van der Waals surface area contributed by atoms with Crippen molar-refractivity contribution in [2.75, 3.05) is 7.11 Å². The molecule has 94 valence electrons. The second-order valence-corrected chi connectivity index (χ2v) is 4.89. The summed E-state index contributed by atoms with van der Waals surface area (Å²) >= 11 is 0. The number of esters is 1. The van der Waals surface area contributed by atoms with E-state index in [-0.39, 0.29) is 12.1 Å². The lowest BCUT2D eigenvalue weighted by molar-refractivity contribution is 0.0599. The zero-order valence-electron chi connectivity index (χ0n) is 10.2. The summed E-state index contributed by atoms with van der Waals surface area (Å²) in [6.45, 7) is 0. The van der Waals surface area contributed by atoms with Crippen LogP contribution in [0.1, 0.15) is 34.5 Å². The first-order valence-electron chi connectivity index (χ1n) is 6.15. The molecule has 0 amide bonds. The molecule has 1 unspecified atom stereocenters. The van der Waals surface area contributed by atoms with E-state index in [0.717, 1.165) is 29.7 Å². The number of fused-ring (bicyclic) bond motifs is 1. The number of pyridine rings is 1. The Morgan fingerprint density at radius 3 is 3.00 bits per heavy atom. The second-order valence-electron chi connectivity index (χ2n) is 4.89. The summed E-state index contributed by atoms with van der Waals surface area (Å²) in [5, 5.41) is 10.1. The predicted molar refractivity (Wildman–Crippen MR) is 66.0 cm³/mol. The number of ether oxygens (including phenoxy) is 1. The number of methoxy groups -OCH3 is 1. The molecule has 1 saturated carbocycles. The van der Waals surface area contributed by atoms with Gasteiger partial charge in [0, 0.05) is 6.20 Å². The fourth-order valence-electron chi connectivity index (χ4n) is 2.46. The number of hydrogen-bond donors (Lipinski definition) is 1. The Kier molecular flexibility index (Phi) is 2.67. The highest BCUT2D eigenvalue weighted by Crippen LogP contribution is 2.39. The van der Waals surface area contributed by atoms with Crippen LogP contribution >= 0.6 is 0 Å². The zero-order valence-corrected chi connectivity index (χ0v) is 10.2. The summed E-state index contributed by atoms with van der Waals surface area (Å²) in [5.41, 5.74) is 3.18. The summed E-state index contributed by atoms with van der Waals surface area (Å²) in [5.74, 6) is 0.0522. The third kappa shape index (κ3) is 1.82. The number of hydrogen-bond acceptors (Lipinski definition) is 4. The van der Waals surface area contributed by atoms with Crippen LogP contribution in [-0.4, -0.2) is 29.3 Å². The van der Waals surface area contributed by atoms with Crippen molar-refractivity contribution in [3.63, 3.8) is 0 Å². The van der Waals surface area contributed by atoms with Gasteiger partial charge in [-0.15, -0.1) is 0 Å². The highest BCUT2D eigenvalue weighted by molar-refractivity contribution is 5.92. The van der Waals surface area contributed by atoms with Gasteiger partial charge in [-0.3, -0.25) is 4.98 Å². The molecule has 4 nitrogen and oxygen atoms in total. The minimum absolute atomic E-state index is 0.343. The number of carbonyl (C=O) groups is 1. The Hall–Kier alpha value is -1.68. The monoisotopic (exact) mass is 245 g/mol. The van der Waals surface area contributed by atoms with Gasteiger partial charge >= 0.3 is 5.97 Å². The number of nitrogens with zero attached hydrogens (tertiary/aromatic N) is 1. The van der Waals surface area contributed by atoms with Crippen molar-refractivity contribution in [2.45, 2.75) is 25.4 Å². The Morgan fingerprint density at radius 2 is 2.33 bits per heavy atom. The predicted octanol–water partition coefficient (Wildman–Crippen LogP) is 1.58. The first kappa shape index (κ1) is 11.4. The number of aliphatic hydroxyl groups excluding tert-OH is 1. The Balaban J connectivity index is 1.90. The lowest BCUT2D eigenvalue weighted by atomic mass is 10.0. The van der Waals surface area contributed by atoms with Crippen LogP contribution in [0.15, 0.2) is 17.8 Å². The largest absolute Gasteiger partial charge is 0.465 e. The quantitative estimate of drug-likeness (QED) is 0.821. The van der Waals surface area contributed by atoms with E-state index in [9.17, 15) is 9.90 Å². The van der Waals surface area contributed by atoms with Crippen LogP contribution in [0.4, 0.5) is 0 Å². The molecule has 1 aromatic heterocycles. The minimum atomic E-state index is -0.385. The van der Waals surface area contributed by atoms with Crippen molar-refractivity contribution in [2.24, 2.45) is 5.92 Å². The van der Waals surface area contributed by atoms with Gasteiger partial charge in [0.15, 0.2) is 0 Å². The summed E-state index contributed by atoms with van der Waals surface area (Å²) in [6, 6.07) is 1.67. The summed E-state index contributed by atoms with van der Waals surface area (Å²) in [7, 11) is 1.37. The second kappa shape index (κ2) is 4.21. The summed E-state index contributed by atoms with van der Waals surface area (Å²) in [6.07, 6.45) is 5.91. The highest BCUT2D eigenvalue weighted by atomic mass is 16.5. The normalized spacial score (nSPS) is 19.1. The van der Waals surface area contributed by atoms with Crippen LogP contribution in [-0.2, 0) is 11.2 Å². The smallest absolute Gasteiger partial charge is 0.338 e. The molecule has 1 atom stereocenters. The maximum absolute atomic E-state index is 11.7. The molecule has 2 aliphatic carbocycles. The van der Waals surface area contributed by atoms with Crippen LogP contribution in [0.3, 0.4) is 0 Å². The Labute approximate surface area is 105 Å². The lowest BCUT2D eigenvalue weighted by Crippen LogP contribution is -2.13. The average molecular weight is 245 g/mol. The van der Waals surface area contributed by atoms with Crippen molar-refractivity contribution in [3.05, 3.63) is 34.7 Å². The van der Waals surface area contributed by atoms with Gasteiger partial charge in [-0.2, -0.15) is 0 Å². The van der Waals surface area contributed by atoms with Crippen LogP contribution in [0.5, 0.6) is 0 Å². The molecular weight excluding hydrogens is 230 g/mol. The van der Waals surface area contributed by atoms with Gasteiger partial charge in [-0.25, -0.2) is 4.79 Å². The van der Waals surface area contributed by atoms with Gasteiger partial charge in [0.2, 0.25) is 0 Å². The van der Waals surface area contributed by atoms with Gasteiger partial charge in [-0.1, -0.05) is 0 Å². The minimum Gasteiger partial charge on any atom is -0.465 e. The zero-order chi connectivity index (χ0) is 12.7. The third-order valence-corrected chi connectivity index (χ3v) is 3.65. The third-order valence-electron chi connectivity index (χ3n) is 3.65. The molecular formula is C14H15NO3. The molecule has 1 fully saturated rings. The van der Waals surface area contributed by atoms with Crippen molar-refractivity contribution in [3.8, 4) is 0 Å². The first-order chi connectivity index (χ1) is 8.70. The number of aliphatic hydroxyl groups is 1. The molecule has 0 saturated heterocycles. The Bertz CT molecular complexity index is 532. The van der Waals surface area contributed by atoms with Gasteiger partial charge in [0.1, 0.15) is 0 Å². The molecule has 0 aliphatic heterocycles. The molecule has 0 bridgehead atoms. The van der Waals surface area contributed by atoms with Crippen LogP contribution in [0.25, 0.3) is 6.08 Å². The topological polar surface area (TPSA) is 59.4 Å². The maximum atomic E-state index is 11.7. The molecule has 1 aromatic rings. The van der Waals surface area contributed by atoms with Crippen molar-refractivity contribution >= 4 is 12.0 Å².